The van der Waals surface area contributed by atoms with Gasteiger partial charge in [-0.2, -0.15) is 28.5 Å². The topological polar surface area (TPSA) is 65.7 Å². The van der Waals surface area contributed by atoms with Crippen LogP contribution in [0.1, 0.15) is 16.7 Å². The number of hydrazone groups is 1. The fourth-order valence-electron chi connectivity index (χ4n) is 3.23. The largest absolute Gasteiger partial charge is 0.488 e. The molecule has 0 N–H and O–H groups in total. The van der Waals surface area contributed by atoms with Crippen LogP contribution in [0.15, 0.2) is 87.9 Å². The van der Waals surface area contributed by atoms with Gasteiger partial charge in [-0.25, -0.2) is 0 Å². The minimum absolute atomic E-state index is 0.236. The van der Waals surface area contributed by atoms with Gasteiger partial charge in [0, 0.05) is 0 Å². The van der Waals surface area contributed by atoms with Crippen molar-refractivity contribution in [1.82, 2.24) is 0 Å². The lowest BCUT2D eigenvalue weighted by atomic mass is 10.1. The SMILES string of the molecule is N#Cc1ccc(COc2ccc(/C=C3\C(=O)N(c4ccccc4)N=C3C(F)(F)F)cc2Br)cc1. The van der Waals surface area contributed by atoms with E-state index in [4.69, 9.17) is 10.00 Å². The van der Waals surface area contributed by atoms with Gasteiger partial charge in [0.05, 0.1) is 27.4 Å². The molecule has 34 heavy (non-hydrogen) atoms. The van der Waals surface area contributed by atoms with E-state index in [0.29, 0.717) is 21.3 Å². The minimum Gasteiger partial charge on any atom is -0.488 e. The molecule has 9 heteroatoms. The van der Waals surface area contributed by atoms with Crippen LogP contribution in [-0.2, 0) is 11.4 Å². The Hall–Kier alpha value is -3.90. The van der Waals surface area contributed by atoms with E-state index in [1.165, 1.54) is 12.1 Å². The number of carbonyl (C=O) groups excluding carboxylic acids is 1. The third-order valence-corrected chi connectivity index (χ3v) is 5.51. The van der Waals surface area contributed by atoms with E-state index in [-0.39, 0.29) is 12.3 Å². The number of anilines is 1. The number of ether oxygens (including phenoxy) is 1. The molecule has 0 saturated carbocycles. The summed E-state index contributed by atoms with van der Waals surface area (Å²) in [5, 5.41) is 13.2. The van der Waals surface area contributed by atoms with Crippen molar-refractivity contribution in [2.24, 2.45) is 5.10 Å². The molecule has 1 aliphatic rings. The summed E-state index contributed by atoms with van der Waals surface area (Å²) in [5.41, 5.74) is 0.198. The molecular weight excluding hydrogens is 511 g/mol. The Morgan fingerprint density at radius 2 is 1.76 bits per heavy atom. The first-order valence-corrected chi connectivity index (χ1v) is 10.7. The van der Waals surface area contributed by atoms with Gasteiger partial charge in [0.2, 0.25) is 0 Å². The highest BCUT2D eigenvalue weighted by Crippen LogP contribution is 2.34. The number of nitriles is 1. The number of hydrogen-bond acceptors (Lipinski definition) is 4. The number of nitrogens with zero attached hydrogens (tertiary/aromatic N) is 3. The number of para-hydroxylation sites is 1. The molecule has 0 spiro atoms. The molecule has 1 amide bonds. The van der Waals surface area contributed by atoms with E-state index < -0.39 is 23.4 Å². The zero-order chi connectivity index (χ0) is 24.3. The van der Waals surface area contributed by atoms with E-state index >= 15 is 0 Å². The number of carbonyl (C=O) groups is 1. The highest BCUT2D eigenvalue weighted by molar-refractivity contribution is 9.10. The van der Waals surface area contributed by atoms with Crippen molar-refractivity contribution in [1.29, 1.82) is 5.26 Å². The number of amides is 1. The Bertz CT molecular complexity index is 1330. The molecule has 0 aliphatic carbocycles. The van der Waals surface area contributed by atoms with Crippen LogP contribution in [0, 0.1) is 11.3 Å². The van der Waals surface area contributed by atoms with Crippen LogP contribution in [0.4, 0.5) is 18.9 Å². The summed E-state index contributed by atoms with van der Waals surface area (Å²) in [7, 11) is 0. The van der Waals surface area contributed by atoms with Gasteiger partial charge in [-0.05, 0) is 69.5 Å². The molecule has 0 unspecified atom stereocenters. The molecule has 0 aromatic heterocycles. The van der Waals surface area contributed by atoms with Crippen LogP contribution in [0.3, 0.4) is 0 Å². The highest BCUT2D eigenvalue weighted by atomic mass is 79.9. The number of alkyl halides is 3. The smallest absolute Gasteiger partial charge is 0.435 e. The van der Waals surface area contributed by atoms with Crippen molar-refractivity contribution >= 4 is 39.3 Å². The summed E-state index contributed by atoms with van der Waals surface area (Å²) < 4.78 is 47.2. The van der Waals surface area contributed by atoms with Gasteiger partial charge in [0.15, 0.2) is 5.71 Å². The minimum atomic E-state index is -4.80. The van der Waals surface area contributed by atoms with E-state index in [1.807, 2.05) is 6.07 Å². The quantitative estimate of drug-likeness (QED) is 0.370. The lowest BCUT2D eigenvalue weighted by Gasteiger charge is -2.11. The standard InChI is InChI=1S/C25H15BrF3N3O2/c26-21-13-18(10-11-22(21)34-15-17-8-6-16(14-30)7-9-17)12-20-23(25(27,28)29)31-32(24(20)33)19-4-2-1-3-5-19/h1-13H,15H2/b20-12-. The van der Waals surface area contributed by atoms with E-state index in [0.717, 1.165) is 16.6 Å². The molecule has 3 aromatic rings. The van der Waals surface area contributed by atoms with Crippen LogP contribution >= 0.6 is 15.9 Å². The van der Waals surface area contributed by atoms with Crippen molar-refractivity contribution in [2.75, 3.05) is 5.01 Å². The molecule has 0 saturated heterocycles. The van der Waals surface area contributed by atoms with Crippen LogP contribution in [0.5, 0.6) is 5.75 Å². The predicted molar refractivity (Wildman–Crippen MR) is 125 cm³/mol. The van der Waals surface area contributed by atoms with Gasteiger partial charge >= 0.3 is 6.18 Å². The van der Waals surface area contributed by atoms with Gasteiger partial charge in [0.25, 0.3) is 5.91 Å². The second-order valence-electron chi connectivity index (χ2n) is 7.24. The van der Waals surface area contributed by atoms with Crippen LogP contribution in [0.2, 0.25) is 0 Å². The molecule has 170 valence electrons. The Morgan fingerprint density at radius 3 is 2.38 bits per heavy atom. The molecule has 0 atom stereocenters. The average molecular weight is 526 g/mol. The lowest BCUT2D eigenvalue weighted by molar-refractivity contribution is -0.114. The monoisotopic (exact) mass is 525 g/mol. The fraction of sp³-hybridized carbons (Fsp3) is 0.0800. The molecule has 0 fully saturated rings. The predicted octanol–water partition coefficient (Wildman–Crippen LogP) is 6.25. The first kappa shape index (κ1) is 23.3. The molecule has 1 aliphatic heterocycles. The summed E-state index contributed by atoms with van der Waals surface area (Å²) in [6, 6.07) is 21.6. The summed E-state index contributed by atoms with van der Waals surface area (Å²) >= 11 is 3.37. The average Bonchev–Trinajstić information content (AvgIpc) is 3.16. The Labute approximate surface area is 201 Å². The highest BCUT2D eigenvalue weighted by Gasteiger charge is 2.46. The molecule has 0 radical (unpaired) electrons. The summed E-state index contributed by atoms with van der Waals surface area (Å²) in [6.45, 7) is 0.236. The van der Waals surface area contributed by atoms with E-state index in [9.17, 15) is 18.0 Å². The van der Waals surface area contributed by atoms with Crippen LogP contribution < -0.4 is 9.75 Å². The van der Waals surface area contributed by atoms with Gasteiger partial charge in [-0.3, -0.25) is 4.79 Å². The van der Waals surface area contributed by atoms with Crippen LogP contribution in [0.25, 0.3) is 6.08 Å². The van der Waals surface area contributed by atoms with Crippen molar-refractivity contribution < 1.29 is 22.7 Å². The third-order valence-electron chi connectivity index (χ3n) is 4.89. The first-order chi connectivity index (χ1) is 16.3. The van der Waals surface area contributed by atoms with E-state index in [1.54, 1.807) is 60.7 Å². The molecule has 5 nitrogen and oxygen atoms in total. The maximum absolute atomic E-state index is 13.6. The number of benzene rings is 3. The summed E-state index contributed by atoms with van der Waals surface area (Å²) in [6.07, 6.45) is -3.64. The van der Waals surface area contributed by atoms with Gasteiger partial charge < -0.3 is 4.74 Å². The third kappa shape index (κ3) is 5.02. The molecule has 4 rings (SSSR count). The Balaban J connectivity index is 1.57. The summed E-state index contributed by atoms with van der Waals surface area (Å²) in [4.78, 5) is 12.8. The number of halogens is 4. The molecule has 3 aromatic carbocycles. The molecular formula is C25H15BrF3N3O2. The van der Waals surface area contributed by atoms with Crippen molar-refractivity contribution in [3.63, 3.8) is 0 Å². The Morgan fingerprint density at radius 1 is 1.06 bits per heavy atom. The van der Waals surface area contributed by atoms with Crippen molar-refractivity contribution in [2.45, 2.75) is 12.8 Å². The molecule has 0 bridgehead atoms. The zero-order valence-corrected chi connectivity index (χ0v) is 19.0. The lowest BCUT2D eigenvalue weighted by Crippen LogP contribution is -2.25. The van der Waals surface area contributed by atoms with E-state index in [2.05, 4.69) is 21.0 Å². The van der Waals surface area contributed by atoms with Crippen molar-refractivity contribution in [3.8, 4) is 11.8 Å². The zero-order valence-electron chi connectivity index (χ0n) is 17.4. The van der Waals surface area contributed by atoms with Gasteiger partial charge in [-0.1, -0.05) is 36.4 Å². The van der Waals surface area contributed by atoms with Gasteiger partial charge in [-0.15, -0.1) is 0 Å². The fourth-order valence-corrected chi connectivity index (χ4v) is 3.74. The number of rotatable bonds is 5. The van der Waals surface area contributed by atoms with Crippen molar-refractivity contribution in [3.05, 3.63) is 99.5 Å². The first-order valence-electron chi connectivity index (χ1n) is 9.95. The molecule has 1 heterocycles. The normalized spacial score (nSPS) is 14.8. The summed E-state index contributed by atoms with van der Waals surface area (Å²) in [5.74, 6) is -0.393. The maximum atomic E-state index is 13.6. The Kier molecular flexibility index (Phi) is 6.52. The van der Waals surface area contributed by atoms with Gasteiger partial charge in [0.1, 0.15) is 12.4 Å². The second-order valence-corrected chi connectivity index (χ2v) is 8.10. The second kappa shape index (κ2) is 9.53. The maximum Gasteiger partial charge on any atom is 0.435 e. The van der Waals surface area contributed by atoms with Crippen LogP contribution in [-0.4, -0.2) is 17.8 Å². The number of hydrogen-bond donors (Lipinski definition) is 0.